The second-order valence-electron chi connectivity index (χ2n) is 9.78. The molecular formula is C27H22Cl2N2O5. The number of amides is 3. The van der Waals surface area contributed by atoms with Crippen molar-refractivity contribution in [2.24, 2.45) is 35.5 Å². The van der Waals surface area contributed by atoms with Crippen molar-refractivity contribution < 1.29 is 23.9 Å². The number of methoxy groups -OCH3 is 1. The van der Waals surface area contributed by atoms with Crippen LogP contribution >= 0.6 is 23.2 Å². The van der Waals surface area contributed by atoms with E-state index >= 15 is 0 Å². The lowest BCUT2D eigenvalue weighted by Crippen LogP contribution is -2.52. The maximum atomic E-state index is 13.7. The molecule has 2 aromatic rings. The van der Waals surface area contributed by atoms with E-state index in [1.807, 2.05) is 0 Å². The number of ketones is 1. The zero-order chi connectivity index (χ0) is 25.3. The third-order valence-electron chi connectivity index (χ3n) is 7.98. The molecule has 0 aromatic heterocycles. The number of rotatable bonds is 6. The minimum absolute atomic E-state index is 0.0141. The summed E-state index contributed by atoms with van der Waals surface area (Å²) >= 11 is 12.3. The third-order valence-corrected chi connectivity index (χ3v) is 8.53. The largest absolute Gasteiger partial charge is 0.497 e. The first-order valence-electron chi connectivity index (χ1n) is 11.8. The highest BCUT2D eigenvalue weighted by Crippen LogP contribution is 2.65. The summed E-state index contributed by atoms with van der Waals surface area (Å²) in [5.74, 6) is -1.68. The number of benzene rings is 2. The molecule has 3 amide bonds. The Labute approximate surface area is 217 Å². The molecule has 3 fully saturated rings. The van der Waals surface area contributed by atoms with Crippen molar-refractivity contribution >= 4 is 46.7 Å². The van der Waals surface area contributed by atoms with Crippen molar-refractivity contribution in [1.29, 1.82) is 0 Å². The van der Waals surface area contributed by atoms with Crippen LogP contribution < -0.4 is 4.74 Å². The van der Waals surface area contributed by atoms with Gasteiger partial charge in [-0.3, -0.25) is 19.2 Å². The molecule has 0 N–H and O–H groups in total. The van der Waals surface area contributed by atoms with Gasteiger partial charge in [0.25, 0.3) is 17.7 Å². The molecule has 1 saturated heterocycles. The molecule has 2 saturated carbocycles. The van der Waals surface area contributed by atoms with Gasteiger partial charge in [-0.1, -0.05) is 35.4 Å². The highest BCUT2D eigenvalue weighted by atomic mass is 35.5. The highest BCUT2D eigenvalue weighted by molar-refractivity contribution is 6.36. The van der Waals surface area contributed by atoms with Crippen LogP contribution in [-0.2, 0) is 9.59 Å². The Morgan fingerprint density at radius 3 is 2.14 bits per heavy atom. The van der Waals surface area contributed by atoms with E-state index in [0.29, 0.717) is 28.2 Å². The van der Waals surface area contributed by atoms with Gasteiger partial charge in [-0.25, -0.2) is 5.01 Å². The highest BCUT2D eigenvalue weighted by Gasteiger charge is 2.68. The summed E-state index contributed by atoms with van der Waals surface area (Å²) in [5, 5.41) is 2.25. The zero-order valence-corrected chi connectivity index (χ0v) is 20.8. The predicted octanol–water partition coefficient (Wildman–Crippen LogP) is 4.30. The number of nitrogens with zero attached hydrogens (tertiary/aromatic N) is 2. The smallest absolute Gasteiger partial charge is 0.274 e. The molecule has 2 aromatic carbocycles. The van der Waals surface area contributed by atoms with Crippen LogP contribution in [0.1, 0.15) is 27.1 Å². The standard InChI is InChI=1S/C27H22Cl2N2O5/c1-36-15-5-2-13(3-6-15)22(32)12-30(25(33)18-7-4-14(28)10-21(18)29)31-26(34)23-16-8-9-17(20-11-19(16)20)24(23)27(31)35/h2-10,16-17,19-20,23-24H,11-12H2,1H3/t16-,17-,19-,20-,23-,24+/m0/s1. The van der Waals surface area contributed by atoms with Crippen LogP contribution in [0, 0.1) is 35.5 Å². The van der Waals surface area contributed by atoms with Crippen LogP contribution in [0.25, 0.3) is 0 Å². The van der Waals surface area contributed by atoms with E-state index in [4.69, 9.17) is 27.9 Å². The predicted molar refractivity (Wildman–Crippen MR) is 131 cm³/mol. The van der Waals surface area contributed by atoms with Gasteiger partial charge in [0.15, 0.2) is 5.78 Å². The van der Waals surface area contributed by atoms with Crippen LogP contribution in [0.2, 0.25) is 10.0 Å². The molecular weight excluding hydrogens is 503 g/mol. The van der Waals surface area contributed by atoms with Crippen molar-refractivity contribution in [1.82, 2.24) is 10.0 Å². The number of imide groups is 1. The molecule has 2 bridgehead atoms. The quantitative estimate of drug-likeness (QED) is 0.319. The number of allylic oxidation sites excluding steroid dienone is 2. The maximum absolute atomic E-state index is 13.7. The molecule has 7 nitrogen and oxygen atoms in total. The summed E-state index contributed by atoms with van der Waals surface area (Å²) in [6, 6.07) is 10.7. The first kappa shape index (κ1) is 23.3. The van der Waals surface area contributed by atoms with E-state index < -0.39 is 41.9 Å². The van der Waals surface area contributed by atoms with Crippen LogP contribution in [0.5, 0.6) is 5.75 Å². The molecule has 7 rings (SSSR count). The van der Waals surface area contributed by atoms with Gasteiger partial charge < -0.3 is 4.74 Å². The Hall–Kier alpha value is -3.16. The van der Waals surface area contributed by atoms with Crippen molar-refractivity contribution in [2.75, 3.05) is 13.7 Å². The maximum Gasteiger partial charge on any atom is 0.274 e. The second-order valence-corrected chi connectivity index (χ2v) is 10.6. The second kappa shape index (κ2) is 8.46. The molecule has 184 valence electrons. The average Bonchev–Trinajstić information content (AvgIpc) is 3.66. The number of hydrogen-bond donors (Lipinski definition) is 0. The number of carbonyl (C=O) groups excluding carboxylic acids is 4. The van der Waals surface area contributed by atoms with Gasteiger partial charge >= 0.3 is 0 Å². The molecule has 6 atom stereocenters. The molecule has 4 aliphatic carbocycles. The summed E-state index contributed by atoms with van der Waals surface area (Å²) in [7, 11) is 1.52. The van der Waals surface area contributed by atoms with Crippen molar-refractivity contribution in [3.05, 3.63) is 75.8 Å². The van der Waals surface area contributed by atoms with Crippen LogP contribution in [0.15, 0.2) is 54.6 Å². The Morgan fingerprint density at radius 1 is 0.972 bits per heavy atom. The minimum Gasteiger partial charge on any atom is -0.497 e. The van der Waals surface area contributed by atoms with E-state index in [-0.39, 0.29) is 22.4 Å². The molecule has 1 aliphatic heterocycles. The zero-order valence-electron chi connectivity index (χ0n) is 19.3. The molecule has 9 heteroatoms. The van der Waals surface area contributed by atoms with Gasteiger partial charge in [-0.05, 0) is 72.6 Å². The lowest BCUT2D eigenvalue weighted by Gasteiger charge is -2.37. The van der Waals surface area contributed by atoms with E-state index in [1.54, 1.807) is 24.3 Å². The number of halogens is 2. The van der Waals surface area contributed by atoms with Crippen molar-refractivity contribution in [2.45, 2.75) is 6.42 Å². The third kappa shape index (κ3) is 3.48. The molecule has 0 radical (unpaired) electrons. The van der Waals surface area contributed by atoms with Crippen LogP contribution in [0.3, 0.4) is 0 Å². The Kier molecular flexibility index (Phi) is 5.46. The number of hydrogen-bond acceptors (Lipinski definition) is 5. The fourth-order valence-corrected chi connectivity index (χ4v) is 6.71. The van der Waals surface area contributed by atoms with Crippen molar-refractivity contribution in [3.8, 4) is 5.75 Å². The van der Waals surface area contributed by atoms with E-state index in [2.05, 4.69) is 12.2 Å². The Bertz CT molecular complexity index is 1300. The van der Waals surface area contributed by atoms with Gasteiger partial charge in [-0.15, -0.1) is 0 Å². The number of ether oxygens (including phenoxy) is 1. The molecule has 0 spiro atoms. The lowest BCUT2D eigenvalue weighted by molar-refractivity contribution is -0.154. The first-order chi connectivity index (χ1) is 17.3. The topological polar surface area (TPSA) is 84.0 Å². The average molecular weight is 525 g/mol. The normalized spacial score (nSPS) is 29.1. The summed E-state index contributed by atoms with van der Waals surface area (Å²) in [5.41, 5.74) is 0.360. The Morgan fingerprint density at radius 2 is 1.58 bits per heavy atom. The SMILES string of the molecule is COc1ccc(C(=O)CN(C(=O)c2ccc(Cl)cc2Cl)N2C(=O)[C@@H]3[C@H]4C=C[C@@H]([C@@H]5C[C@@H]45)[C@@H]3C2=O)cc1. The van der Waals surface area contributed by atoms with Crippen LogP contribution in [-0.4, -0.2) is 47.2 Å². The van der Waals surface area contributed by atoms with E-state index in [1.165, 1.54) is 25.3 Å². The van der Waals surface area contributed by atoms with Gasteiger partial charge in [0.2, 0.25) is 0 Å². The van der Waals surface area contributed by atoms with E-state index in [0.717, 1.165) is 16.4 Å². The molecule has 5 aliphatic rings. The van der Waals surface area contributed by atoms with Gasteiger partial charge in [0, 0.05) is 10.6 Å². The first-order valence-corrected chi connectivity index (χ1v) is 12.6. The van der Waals surface area contributed by atoms with E-state index in [9.17, 15) is 19.2 Å². The van der Waals surface area contributed by atoms with Crippen molar-refractivity contribution in [3.63, 3.8) is 0 Å². The summed E-state index contributed by atoms with van der Waals surface area (Å²) in [6.07, 6.45) is 5.13. The molecule has 36 heavy (non-hydrogen) atoms. The fourth-order valence-electron chi connectivity index (χ4n) is 6.22. The van der Waals surface area contributed by atoms with Crippen LogP contribution in [0.4, 0.5) is 0 Å². The van der Waals surface area contributed by atoms with Gasteiger partial charge in [0.1, 0.15) is 12.3 Å². The summed E-state index contributed by atoms with van der Waals surface area (Å²) < 4.78 is 5.15. The monoisotopic (exact) mass is 524 g/mol. The lowest BCUT2D eigenvalue weighted by atomic mass is 9.63. The van der Waals surface area contributed by atoms with Gasteiger partial charge in [0.05, 0.1) is 29.5 Å². The summed E-state index contributed by atoms with van der Waals surface area (Å²) in [4.78, 5) is 54.4. The Balaban J connectivity index is 1.37. The number of carbonyl (C=O) groups is 4. The molecule has 1 heterocycles. The fraction of sp³-hybridized carbons (Fsp3) is 0.333. The number of Topliss-reactive ketones (excluding diaryl/α,β-unsaturated/α-hetero) is 1. The number of hydrazine groups is 1. The minimum atomic E-state index is -0.718. The molecule has 0 unspecified atom stereocenters. The van der Waals surface area contributed by atoms with Gasteiger partial charge in [-0.2, -0.15) is 5.01 Å². The summed E-state index contributed by atoms with van der Waals surface area (Å²) in [6.45, 7) is -0.503.